The van der Waals surface area contributed by atoms with Gasteiger partial charge in [0.2, 0.25) is 5.91 Å². The van der Waals surface area contributed by atoms with Crippen LogP contribution >= 0.6 is 0 Å². The van der Waals surface area contributed by atoms with Gasteiger partial charge in [0.05, 0.1) is 6.54 Å². The molecule has 0 bridgehead atoms. The minimum Gasteiger partial charge on any atom is -0.324 e. The second-order valence-corrected chi connectivity index (χ2v) is 4.95. The first-order valence-electron chi connectivity index (χ1n) is 6.47. The zero-order valence-electron chi connectivity index (χ0n) is 11.0. The van der Waals surface area contributed by atoms with Gasteiger partial charge in [0, 0.05) is 29.7 Å². The molecule has 6 heteroatoms. The van der Waals surface area contributed by atoms with Gasteiger partial charge < -0.3 is 5.32 Å². The second-order valence-electron chi connectivity index (χ2n) is 4.95. The summed E-state index contributed by atoms with van der Waals surface area (Å²) in [6.45, 7) is 2.64. The van der Waals surface area contributed by atoms with E-state index in [1.54, 1.807) is 16.9 Å². The lowest BCUT2D eigenvalue weighted by Gasteiger charge is -2.18. The summed E-state index contributed by atoms with van der Waals surface area (Å²) in [6, 6.07) is 5.81. The van der Waals surface area contributed by atoms with Crippen molar-refractivity contribution in [2.45, 2.75) is 25.6 Å². The van der Waals surface area contributed by atoms with E-state index in [1.165, 1.54) is 12.1 Å². The molecule has 3 rings (SSSR count). The number of anilines is 1. The Labute approximate surface area is 115 Å². The van der Waals surface area contributed by atoms with E-state index >= 15 is 0 Å². The Bertz CT molecular complexity index is 626. The molecule has 5 nitrogen and oxygen atoms in total. The van der Waals surface area contributed by atoms with Gasteiger partial charge in [0.15, 0.2) is 0 Å². The Kier molecular flexibility index (Phi) is 3.23. The van der Waals surface area contributed by atoms with E-state index in [-0.39, 0.29) is 17.8 Å². The van der Waals surface area contributed by atoms with Crippen molar-refractivity contribution in [3.63, 3.8) is 0 Å². The molecule has 2 atom stereocenters. The molecule has 0 spiro atoms. The number of amides is 1. The van der Waals surface area contributed by atoms with Crippen LogP contribution in [0.3, 0.4) is 0 Å². The summed E-state index contributed by atoms with van der Waals surface area (Å²) in [5.74, 6) is -0.507. The lowest BCUT2D eigenvalue weighted by Crippen LogP contribution is -2.37. The molecular formula is C14H15FN4O. The molecule has 1 aliphatic rings. The van der Waals surface area contributed by atoms with Crippen molar-refractivity contribution in [2.75, 3.05) is 5.32 Å². The molecule has 1 aromatic carbocycles. The molecule has 2 heterocycles. The lowest BCUT2D eigenvalue weighted by molar-refractivity contribution is -0.117. The minimum atomic E-state index is -0.448. The van der Waals surface area contributed by atoms with Crippen molar-refractivity contribution in [1.29, 1.82) is 0 Å². The summed E-state index contributed by atoms with van der Waals surface area (Å²) in [4.78, 5) is 12.0. The molecule has 0 aliphatic carbocycles. The maximum atomic E-state index is 13.1. The number of fused-ring (bicyclic) bond motifs is 1. The molecule has 0 radical (unpaired) electrons. The third kappa shape index (κ3) is 2.42. The van der Waals surface area contributed by atoms with Crippen LogP contribution in [-0.4, -0.2) is 21.7 Å². The molecule has 2 N–H and O–H groups in total. The highest BCUT2D eigenvalue weighted by atomic mass is 19.1. The average Bonchev–Trinajstić information content (AvgIpc) is 2.98. The first-order chi connectivity index (χ1) is 9.63. The zero-order chi connectivity index (χ0) is 14.1. The van der Waals surface area contributed by atoms with Crippen LogP contribution in [0.1, 0.15) is 18.5 Å². The minimum absolute atomic E-state index is 0.0571. The third-order valence-corrected chi connectivity index (χ3v) is 3.32. The van der Waals surface area contributed by atoms with E-state index in [2.05, 4.69) is 15.7 Å². The SMILES string of the molecule is CC(Cn1cccn1)NC1C(=O)Nc2cc(F)ccc21. The highest BCUT2D eigenvalue weighted by Gasteiger charge is 2.31. The van der Waals surface area contributed by atoms with Crippen molar-refractivity contribution in [3.05, 3.63) is 48.0 Å². The summed E-state index contributed by atoms with van der Waals surface area (Å²) in [5.41, 5.74) is 1.32. The van der Waals surface area contributed by atoms with E-state index in [4.69, 9.17) is 0 Å². The largest absolute Gasteiger partial charge is 0.324 e. The van der Waals surface area contributed by atoms with Gasteiger partial charge in [-0.3, -0.25) is 14.8 Å². The highest BCUT2D eigenvalue weighted by molar-refractivity contribution is 6.02. The molecule has 2 aromatic rings. The smallest absolute Gasteiger partial charge is 0.246 e. The molecule has 1 aromatic heterocycles. The Hall–Kier alpha value is -2.21. The predicted molar refractivity (Wildman–Crippen MR) is 72.6 cm³/mol. The standard InChI is InChI=1S/C14H15FN4O/c1-9(8-19-6-2-5-16-19)17-13-11-4-3-10(15)7-12(11)18-14(13)20/h2-7,9,13,17H,8H2,1H3,(H,18,20). The molecule has 1 amide bonds. The first kappa shape index (κ1) is 12.8. The summed E-state index contributed by atoms with van der Waals surface area (Å²) >= 11 is 0. The number of carbonyl (C=O) groups is 1. The number of halogens is 1. The number of aromatic nitrogens is 2. The zero-order valence-corrected chi connectivity index (χ0v) is 11.0. The number of hydrogen-bond acceptors (Lipinski definition) is 3. The highest BCUT2D eigenvalue weighted by Crippen LogP contribution is 2.31. The fourth-order valence-electron chi connectivity index (χ4n) is 2.43. The van der Waals surface area contributed by atoms with Gasteiger partial charge in [-0.2, -0.15) is 5.10 Å². The number of nitrogens with zero attached hydrogens (tertiary/aromatic N) is 2. The fourth-order valence-corrected chi connectivity index (χ4v) is 2.43. The predicted octanol–water partition coefficient (Wildman–Crippen LogP) is 1.69. The Morgan fingerprint density at radius 1 is 1.55 bits per heavy atom. The van der Waals surface area contributed by atoms with E-state index in [0.717, 1.165) is 5.56 Å². The van der Waals surface area contributed by atoms with Crippen LogP contribution in [0.2, 0.25) is 0 Å². The Balaban J connectivity index is 1.73. The fraction of sp³-hybridized carbons (Fsp3) is 0.286. The molecule has 20 heavy (non-hydrogen) atoms. The van der Waals surface area contributed by atoms with Gasteiger partial charge in [0.1, 0.15) is 11.9 Å². The van der Waals surface area contributed by atoms with Crippen molar-refractivity contribution in [3.8, 4) is 0 Å². The molecule has 0 fully saturated rings. The Morgan fingerprint density at radius 2 is 2.40 bits per heavy atom. The van der Waals surface area contributed by atoms with Crippen molar-refractivity contribution >= 4 is 11.6 Å². The number of benzene rings is 1. The molecule has 0 saturated carbocycles. The average molecular weight is 274 g/mol. The number of nitrogens with one attached hydrogen (secondary N) is 2. The number of rotatable bonds is 4. The van der Waals surface area contributed by atoms with Crippen molar-refractivity contribution in [2.24, 2.45) is 0 Å². The third-order valence-electron chi connectivity index (χ3n) is 3.32. The van der Waals surface area contributed by atoms with Crippen LogP contribution in [0.15, 0.2) is 36.7 Å². The van der Waals surface area contributed by atoms with Crippen LogP contribution in [0.5, 0.6) is 0 Å². The van der Waals surface area contributed by atoms with Crippen LogP contribution in [0.4, 0.5) is 10.1 Å². The monoisotopic (exact) mass is 274 g/mol. The van der Waals surface area contributed by atoms with Gasteiger partial charge in [-0.15, -0.1) is 0 Å². The number of carbonyl (C=O) groups excluding carboxylic acids is 1. The van der Waals surface area contributed by atoms with Crippen molar-refractivity contribution < 1.29 is 9.18 Å². The van der Waals surface area contributed by atoms with E-state index in [9.17, 15) is 9.18 Å². The van der Waals surface area contributed by atoms with E-state index in [0.29, 0.717) is 12.2 Å². The molecule has 2 unspecified atom stereocenters. The van der Waals surface area contributed by atoms with Crippen LogP contribution in [0.25, 0.3) is 0 Å². The van der Waals surface area contributed by atoms with Gasteiger partial charge in [0.25, 0.3) is 0 Å². The number of hydrogen-bond donors (Lipinski definition) is 2. The molecule has 104 valence electrons. The molecular weight excluding hydrogens is 259 g/mol. The van der Waals surface area contributed by atoms with Crippen LogP contribution < -0.4 is 10.6 Å². The normalized spacial score (nSPS) is 18.7. The van der Waals surface area contributed by atoms with Gasteiger partial charge in [-0.1, -0.05) is 6.07 Å². The van der Waals surface area contributed by atoms with E-state index in [1.807, 2.05) is 19.2 Å². The summed E-state index contributed by atoms with van der Waals surface area (Å²) < 4.78 is 14.9. The quantitative estimate of drug-likeness (QED) is 0.892. The maximum Gasteiger partial charge on any atom is 0.246 e. The van der Waals surface area contributed by atoms with Crippen LogP contribution in [-0.2, 0) is 11.3 Å². The molecule has 1 aliphatic heterocycles. The summed E-state index contributed by atoms with van der Waals surface area (Å²) in [6.07, 6.45) is 3.59. The summed E-state index contributed by atoms with van der Waals surface area (Å²) in [5, 5.41) is 10.1. The van der Waals surface area contributed by atoms with Gasteiger partial charge >= 0.3 is 0 Å². The van der Waals surface area contributed by atoms with Crippen molar-refractivity contribution in [1.82, 2.24) is 15.1 Å². The summed E-state index contributed by atoms with van der Waals surface area (Å²) in [7, 11) is 0. The Morgan fingerprint density at radius 3 is 3.15 bits per heavy atom. The topological polar surface area (TPSA) is 59.0 Å². The van der Waals surface area contributed by atoms with E-state index < -0.39 is 6.04 Å². The maximum absolute atomic E-state index is 13.1. The molecule has 0 saturated heterocycles. The second kappa shape index (κ2) is 5.05. The van der Waals surface area contributed by atoms with Crippen LogP contribution in [0, 0.1) is 5.82 Å². The first-order valence-corrected chi connectivity index (χ1v) is 6.47. The van der Waals surface area contributed by atoms with Gasteiger partial charge in [-0.05, 0) is 25.1 Å². The lowest BCUT2D eigenvalue weighted by atomic mass is 10.1. The van der Waals surface area contributed by atoms with Gasteiger partial charge in [-0.25, -0.2) is 4.39 Å².